The molecule has 0 bridgehead atoms. The van der Waals surface area contributed by atoms with E-state index in [0.717, 1.165) is 25.7 Å². The first-order valence-corrected chi connectivity index (χ1v) is 12.9. The third-order valence-electron chi connectivity index (χ3n) is 5.70. The SMILES string of the molecule is CCCCCCCCCCCCCC(=O)OC(=O)CCCCCCCCCCC.[H-].[H-].[Mg+2]. The van der Waals surface area contributed by atoms with Crippen molar-refractivity contribution < 1.29 is 17.2 Å². The summed E-state index contributed by atoms with van der Waals surface area (Å²) in [7, 11) is 0. The molecule has 0 N–H and O–H groups in total. The predicted octanol–water partition coefficient (Wildman–Crippen LogP) is 8.52. The van der Waals surface area contributed by atoms with Gasteiger partial charge in [-0.1, -0.05) is 129 Å². The average Bonchev–Trinajstić information content (AvgIpc) is 2.70. The van der Waals surface area contributed by atoms with Gasteiger partial charge in [-0.05, 0) is 12.8 Å². The molecular weight excluding hydrogens is 385 g/mol. The second kappa shape index (κ2) is 26.9. The van der Waals surface area contributed by atoms with Gasteiger partial charge in [0, 0.05) is 12.8 Å². The number of ether oxygens (including phenoxy) is 1. The number of hydrogen-bond acceptors (Lipinski definition) is 3. The van der Waals surface area contributed by atoms with Gasteiger partial charge in [0.25, 0.3) is 0 Å². The summed E-state index contributed by atoms with van der Waals surface area (Å²) in [5, 5.41) is 0. The fraction of sp³-hybridized carbons (Fsp3) is 0.923. The maximum atomic E-state index is 11.7. The van der Waals surface area contributed by atoms with E-state index in [4.69, 9.17) is 4.74 Å². The Morgan fingerprint density at radius 3 is 0.967 bits per heavy atom. The van der Waals surface area contributed by atoms with E-state index in [1.54, 1.807) is 0 Å². The third kappa shape index (κ3) is 25.9. The number of hydrogen-bond donors (Lipinski definition) is 0. The smallest absolute Gasteiger partial charge is 1.00 e. The minimum absolute atomic E-state index is 0. The van der Waals surface area contributed by atoms with Crippen LogP contribution in [0.25, 0.3) is 0 Å². The zero-order valence-electron chi connectivity index (χ0n) is 22.5. The van der Waals surface area contributed by atoms with Crippen molar-refractivity contribution in [3.05, 3.63) is 0 Å². The minimum atomic E-state index is -0.332. The Labute approximate surface area is 207 Å². The van der Waals surface area contributed by atoms with Gasteiger partial charge in [-0.15, -0.1) is 0 Å². The van der Waals surface area contributed by atoms with E-state index in [9.17, 15) is 9.59 Å². The Hall–Kier alpha value is -0.0938. The Bertz CT molecular complexity index is 382. The first-order chi connectivity index (χ1) is 14.2. The summed E-state index contributed by atoms with van der Waals surface area (Å²) < 4.78 is 4.94. The molecule has 3 nitrogen and oxygen atoms in total. The Morgan fingerprint density at radius 2 is 0.700 bits per heavy atom. The number of esters is 2. The first kappa shape index (κ1) is 32.1. The zero-order chi connectivity index (χ0) is 21.4. The predicted molar refractivity (Wildman–Crippen MR) is 132 cm³/mol. The molecular formula is C26H52MgO3. The Kier molecular flexibility index (Phi) is 28.8. The van der Waals surface area contributed by atoms with Gasteiger partial charge in [-0.2, -0.15) is 0 Å². The molecule has 0 rings (SSSR count). The normalized spacial score (nSPS) is 10.6. The van der Waals surface area contributed by atoms with Crippen molar-refractivity contribution in [3.63, 3.8) is 0 Å². The van der Waals surface area contributed by atoms with E-state index in [1.165, 1.54) is 103 Å². The van der Waals surface area contributed by atoms with Crippen LogP contribution in [0.3, 0.4) is 0 Å². The van der Waals surface area contributed by atoms with E-state index < -0.39 is 0 Å². The minimum Gasteiger partial charge on any atom is -1.00 e. The maximum Gasteiger partial charge on any atom is 2.00 e. The molecule has 0 radical (unpaired) electrons. The number of unbranched alkanes of at least 4 members (excludes halogenated alkanes) is 18. The molecule has 30 heavy (non-hydrogen) atoms. The van der Waals surface area contributed by atoms with Gasteiger partial charge in [0.1, 0.15) is 0 Å². The fourth-order valence-electron chi connectivity index (χ4n) is 3.74. The Balaban J connectivity index is -0.00000131. The number of rotatable bonds is 22. The van der Waals surface area contributed by atoms with Crippen LogP contribution in [0, 0.1) is 0 Å². The van der Waals surface area contributed by atoms with Crippen LogP contribution >= 0.6 is 0 Å². The van der Waals surface area contributed by atoms with E-state index in [-0.39, 0.29) is 37.8 Å². The summed E-state index contributed by atoms with van der Waals surface area (Å²) in [5.74, 6) is -0.664. The van der Waals surface area contributed by atoms with Gasteiger partial charge < -0.3 is 7.59 Å². The maximum absolute atomic E-state index is 11.7. The van der Waals surface area contributed by atoms with Crippen LogP contribution in [0.2, 0.25) is 0 Å². The van der Waals surface area contributed by atoms with Crippen LogP contribution in [0.1, 0.15) is 158 Å². The van der Waals surface area contributed by atoms with Crippen molar-refractivity contribution in [2.75, 3.05) is 0 Å². The van der Waals surface area contributed by atoms with Crippen molar-refractivity contribution in [1.82, 2.24) is 0 Å². The molecule has 0 saturated heterocycles. The Morgan fingerprint density at radius 1 is 0.467 bits per heavy atom. The van der Waals surface area contributed by atoms with Crippen molar-refractivity contribution in [2.45, 2.75) is 155 Å². The van der Waals surface area contributed by atoms with E-state index in [0.29, 0.717) is 12.8 Å². The molecule has 0 aliphatic heterocycles. The topological polar surface area (TPSA) is 43.4 Å². The van der Waals surface area contributed by atoms with Crippen LogP contribution in [0.15, 0.2) is 0 Å². The third-order valence-corrected chi connectivity index (χ3v) is 5.70. The standard InChI is InChI=1S/C26H50O3.Mg.2H/c1-3-5-7-9-11-13-14-16-18-20-22-24-26(28)29-25(27)23-21-19-17-15-12-10-8-6-4-2;;;/h3-24H2,1-2H3;;;/q;+2;2*-1. The van der Waals surface area contributed by atoms with E-state index in [1.807, 2.05) is 0 Å². The van der Waals surface area contributed by atoms with Crippen LogP contribution in [-0.2, 0) is 14.3 Å². The van der Waals surface area contributed by atoms with E-state index >= 15 is 0 Å². The second-order valence-electron chi connectivity index (χ2n) is 8.71. The molecule has 0 aliphatic carbocycles. The molecule has 0 unspecified atom stereocenters. The molecule has 0 amide bonds. The van der Waals surface area contributed by atoms with Crippen molar-refractivity contribution >= 4 is 35.0 Å². The monoisotopic (exact) mass is 436 g/mol. The quantitative estimate of drug-likeness (QED) is 0.0738. The molecule has 176 valence electrons. The number of carbonyl (C=O) groups is 2. The zero-order valence-corrected chi connectivity index (χ0v) is 21.9. The summed E-state index contributed by atoms with van der Waals surface area (Å²) in [6.45, 7) is 4.49. The molecule has 0 aromatic rings. The average molecular weight is 437 g/mol. The van der Waals surface area contributed by atoms with Gasteiger partial charge >= 0.3 is 35.0 Å². The molecule has 0 aliphatic rings. The molecule has 0 fully saturated rings. The van der Waals surface area contributed by atoms with Gasteiger partial charge in [0.15, 0.2) is 0 Å². The summed E-state index contributed by atoms with van der Waals surface area (Å²) in [5.41, 5.74) is 0. The molecule has 0 aromatic heterocycles. The molecule has 0 aromatic carbocycles. The molecule has 0 heterocycles. The second-order valence-corrected chi connectivity index (χ2v) is 8.71. The molecule has 0 saturated carbocycles. The summed E-state index contributed by atoms with van der Waals surface area (Å²) in [6, 6.07) is 0. The van der Waals surface area contributed by atoms with Gasteiger partial charge in [0.05, 0.1) is 0 Å². The van der Waals surface area contributed by atoms with Crippen LogP contribution in [-0.4, -0.2) is 35.0 Å². The summed E-state index contributed by atoms with van der Waals surface area (Å²) >= 11 is 0. The van der Waals surface area contributed by atoms with Crippen molar-refractivity contribution in [3.8, 4) is 0 Å². The first-order valence-electron chi connectivity index (χ1n) is 12.9. The molecule has 0 atom stereocenters. The molecule has 0 spiro atoms. The van der Waals surface area contributed by atoms with Crippen molar-refractivity contribution in [2.24, 2.45) is 0 Å². The fourth-order valence-corrected chi connectivity index (χ4v) is 3.74. The van der Waals surface area contributed by atoms with Gasteiger partial charge in [-0.3, -0.25) is 9.59 Å². The summed E-state index contributed by atoms with van der Waals surface area (Å²) in [6.07, 6.45) is 25.6. The van der Waals surface area contributed by atoms with Gasteiger partial charge in [-0.25, -0.2) is 0 Å². The largest absolute Gasteiger partial charge is 2.00 e. The van der Waals surface area contributed by atoms with E-state index in [2.05, 4.69) is 13.8 Å². The van der Waals surface area contributed by atoms with Crippen LogP contribution in [0.5, 0.6) is 0 Å². The molecule has 4 heteroatoms. The van der Waals surface area contributed by atoms with Crippen LogP contribution < -0.4 is 0 Å². The van der Waals surface area contributed by atoms with Crippen LogP contribution in [0.4, 0.5) is 0 Å². The summed E-state index contributed by atoms with van der Waals surface area (Å²) in [4.78, 5) is 23.4. The number of carbonyl (C=O) groups excluding carboxylic acids is 2. The van der Waals surface area contributed by atoms with Gasteiger partial charge in [0.2, 0.25) is 0 Å². The van der Waals surface area contributed by atoms with Crippen molar-refractivity contribution in [1.29, 1.82) is 0 Å².